The lowest BCUT2D eigenvalue weighted by Gasteiger charge is -2.19. The molecule has 0 saturated carbocycles. The molecule has 1 aliphatic rings. The van der Waals surface area contributed by atoms with Crippen molar-refractivity contribution in [1.29, 1.82) is 0 Å². The molecule has 1 atom stereocenters. The molecule has 8 heteroatoms. The van der Waals surface area contributed by atoms with Crippen molar-refractivity contribution < 1.29 is 13.2 Å². The van der Waals surface area contributed by atoms with Gasteiger partial charge in [0.1, 0.15) is 4.90 Å². The van der Waals surface area contributed by atoms with E-state index in [4.69, 9.17) is 0 Å². The van der Waals surface area contributed by atoms with E-state index in [-0.39, 0.29) is 22.6 Å². The molecule has 0 spiro atoms. The van der Waals surface area contributed by atoms with E-state index in [0.29, 0.717) is 24.0 Å². The number of nitrogens with one attached hydrogen (secondary N) is 1. The van der Waals surface area contributed by atoms with Gasteiger partial charge in [-0.2, -0.15) is 4.31 Å². The van der Waals surface area contributed by atoms with E-state index in [1.807, 2.05) is 6.92 Å². The van der Waals surface area contributed by atoms with Crippen LogP contribution in [0.15, 0.2) is 28.3 Å². The summed E-state index contributed by atoms with van der Waals surface area (Å²) in [6.07, 6.45) is 5.38. The summed E-state index contributed by atoms with van der Waals surface area (Å²) in [4.78, 5) is 16.4. The van der Waals surface area contributed by atoms with E-state index in [9.17, 15) is 13.2 Å². The van der Waals surface area contributed by atoms with Crippen molar-refractivity contribution in [3.63, 3.8) is 0 Å². The zero-order valence-corrected chi connectivity index (χ0v) is 17.4. The highest BCUT2D eigenvalue weighted by atomic mass is 32.2. The molecule has 1 fully saturated rings. The summed E-state index contributed by atoms with van der Waals surface area (Å²) < 4.78 is 27.0. The van der Waals surface area contributed by atoms with Crippen LogP contribution < -0.4 is 5.32 Å². The summed E-state index contributed by atoms with van der Waals surface area (Å²) in [5, 5.41) is 3.59. The van der Waals surface area contributed by atoms with Crippen LogP contribution >= 0.6 is 11.8 Å². The summed E-state index contributed by atoms with van der Waals surface area (Å²) in [5.41, 5.74) is 0. The molecule has 1 aromatic rings. The second-order valence-corrected chi connectivity index (χ2v) is 9.97. The van der Waals surface area contributed by atoms with Crippen LogP contribution in [0.5, 0.6) is 0 Å². The van der Waals surface area contributed by atoms with Gasteiger partial charge in [0.2, 0.25) is 15.9 Å². The van der Waals surface area contributed by atoms with Gasteiger partial charge in [-0.3, -0.25) is 4.79 Å². The largest absolute Gasteiger partial charge is 0.353 e. The van der Waals surface area contributed by atoms with E-state index in [1.165, 1.54) is 18.0 Å². The number of thioether (sulfide) groups is 1. The van der Waals surface area contributed by atoms with E-state index in [2.05, 4.69) is 24.1 Å². The molecule has 0 unspecified atom stereocenters. The zero-order valence-electron chi connectivity index (χ0n) is 15.8. The van der Waals surface area contributed by atoms with Gasteiger partial charge in [0.25, 0.3) is 0 Å². The highest BCUT2D eigenvalue weighted by molar-refractivity contribution is 7.99. The number of nitrogens with zero attached hydrogens (tertiary/aromatic N) is 2. The van der Waals surface area contributed by atoms with E-state index < -0.39 is 10.0 Å². The Bertz CT molecular complexity index is 682. The molecule has 0 radical (unpaired) electrons. The van der Waals surface area contributed by atoms with Crippen LogP contribution in [0.2, 0.25) is 0 Å². The Labute approximate surface area is 161 Å². The Balaban J connectivity index is 1.94. The predicted octanol–water partition coefficient (Wildman–Crippen LogP) is 2.90. The average Bonchev–Trinajstić information content (AvgIpc) is 2.90. The van der Waals surface area contributed by atoms with Crippen LogP contribution in [0.25, 0.3) is 0 Å². The number of amides is 1. The lowest BCUT2D eigenvalue weighted by Crippen LogP contribution is -2.37. The number of sulfonamides is 1. The molecule has 1 aliphatic heterocycles. The second kappa shape index (κ2) is 9.71. The molecule has 0 bridgehead atoms. The first-order valence-corrected chi connectivity index (χ1v) is 11.6. The lowest BCUT2D eigenvalue weighted by molar-refractivity contribution is -0.119. The van der Waals surface area contributed by atoms with Gasteiger partial charge in [0, 0.05) is 25.3 Å². The predicted molar refractivity (Wildman–Crippen MR) is 105 cm³/mol. The van der Waals surface area contributed by atoms with Crippen molar-refractivity contribution in [3.05, 3.63) is 18.3 Å². The molecule has 0 aromatic carbocycles. The van der Waals surface area contributed by atoms with Gasteiger partial charge in [0.15, 0.2) is 0 Å². The number of carbonyl (C=O) groups excluding carboxylic acids is 1. The van der Waals surface area contributed by atoms with E-state index in [1.54, 1.807) is 16.4 Å². The summed E-state index contributed by atoms with van der Waals surface area (Å²) in [5.74, 6) is 0.604. The van der Waals surface area contributed by atoms with Crippen LogP contribution in [-0.4, -0.2) is 48.5 Å². The summed E-state index contributed by atoms with van der Waals surface area (Å²) in [6.45, 7) is 7.25. The van der Waals surface area contributed by atoms with Gasteiger partial charge < -0.3 is 5.32 Å². The highest BCUT2D eigenvalue weighted by Crippen LogP contribution is 2.22. The first kappa shape index (κ1) is 21.2. The molecule has 1 amide bonds. The van der Waals surface area contributed by atoms with Crippen LogP contribution in [0.1, 0.15) is 46.5 Å². The zero-order chi connectivity index (χ0) is 19.2. The molecular weight excluding hydrogens is 370 g/mol. The van der Waals surface area contributed by atoms with Gasteiger partial charge in [-0.15, -0.1) is 0 Å². The molecule has 1 N–H and O–H groups in total. The molecule has 1 aromatic heterocycles. The maximum atomic E-state index is 12.7. The third kappa shape index (κ3) is 5.96. The molecule has 2 rings (SSSR count). The maximum Gasteiger partial charge on any atom is 0.244 e. The Morgan fingerprint density at radius 2 is 1.85 bits per heavy atom. The van der Waals surface area contributed by atoms with Crippen LogP contribution in [0.4, 0.5) is 0 Å². The summed E-state index contributed by atoms with van der Waals surface area (Å²) in [6, 6.07) is 3.39. The number of rotatable bonds is 7. The van der Waals surface area contributed by atoms with Gasteiger partial charge in [-0.05, 0) is 37.8 Å². The lowest BCUT2D eigenvalue weighted by atomic mass is 10.1. The summed E-state index contributed by atoms with van der Waals surface area (Å²) >= 11 is 1.31. The van der Waals surface area contributed by atoms with Crippen molar-refractivity contribution in [2.75, 3.05) is 18.8 Å². The molecule has 0 aliphatic carbocycles. The molecule has 2 heterocycles. The van der Waals surface area contributed by atoms with Crippen molar-refractivity contribution in [2.45, 2.75) is 62.4 Å². The third-order valence-corrected chi connectivity index (χ3v) is 7.48. The number of hydrogen-bond acceptors (Lipinski definition) is 5. The average molecular weight is 400 g/mol. The van der Waals surface area contributed by atoms with Crippen LogP contribution in [0, 0.1) is 5.92 Å². The highest BCUT2D eigenvalue weighted by Gasteiger charge is 2.25. The standard InChI is InChI=1S/C18H29N3O3S2/c1-14(2)15(3)20-17(22)13-25-18-9-8-16(12-19-18)26(23,24)21-10-6-4-5-7-11-21/h8-9,12,14-15H,4-7,10-11,13H2,1-3H3,(H,20,22)/t15-/m0/s1. The number of aromatic nitrogens is 1. The number of pyridine rings is 1. The van der Waals surface area contributed by atoms with Gasteiger partial charge in [-0.25, -0.2) is 13.4 Å². The minimum absolute atomic E-state index is 0.0423. The first-order chi connectivity index (χ1) is 12.3. The Kier molecular flexibility index (Phi) is 7.91. The van der Waals surface area contributed by atoms with Crippen LogP contribution in [0.3, 0.4) is 0 Å². The Hall–Kier alpha value is -1.12. The molecule has 146 valence electrons. The van der Waals surface area contributed by atoms with Crippen LogP contribution in [-0.2, 0) is 14.8 Å². The van der Waals surface area contributed by atoms with Gasteiger partial charge >= 0.3 is 0 Å². The Morgan fingerprint density at radius 1 is 1.19 bits per heavy atom. The number of hydrogen-bond donors (Lipinski definition) is 1. The SMILES string of the molecule is CC(C)[C@H](C)NC(=O)CSc1ccc(S(=O)(=O)N2CCCCCC2)cn1. The van der Waals surface area contributed by atoms with Crippen molar-refractivity contribution in [3.8, 4) is 0 Å². The quantitative estimate of drug-likeness (QED) is 0.713. The monoisotopic (exact) mass is 399 g/mol. The smallest absolute Gasteiger partial charge is 0.244 e. The molecule has 1 saturated heterocycles. The fourth-order valence-corrected chi connectivity index (χ4v) is 4.75. The van der Waals surface area contributed by atoms with E-state index in [0.717, 1.165) is 25.7 Å². The Morgan fingerprint density at radius 3 is 2.38 bits per heavy atom. The first-order valence-electron chi connectivity index (χ1n) is 9.19. The molecular formula is C18H29N3O3S2. The third-order valence-electron chi connectivity index (χ3n) is 4.65. The topological polar surface area (TPSA) is 79.4 Å². The second-order valence-electron chi connectivity index (χ2n) is 7.04. The fourth-order valence-electron chi connectivity index (χ4n) is 2.64. The van der Waals surface area contributed by atoms with E-state index >= 15 is 0 Å². The van der Waals surface area contributed by atoms with Crippen molar-refractivity contribution >= 4 is 27.7 Å². The van der Waals surface area contributed by atoms with Crippen molar-refractivity contribution in [2.24, 2.45) is 5.92 Å². The minimum atomic E-state index is -3.48. The van der Waals surface area contributed by atoms with Crippen molar-refractivity contribution in [1.82, 2.24) is 14.6 Å². The minimum Gasteiger partial charge on any atom is -0.353 e. The summed E-state index contributed by atoms with van der Waals surface area (Å²) in [7, 11) is -3.48. The maximum absolute atomic E-state index is 12.7. The molecule has 6 nitrogen and oxygen atoms in total. The van der Waals surface area contributed by atoms with Gasteiger partial charge in [0.05, 0.1) is 10.8 Å². The van der Waals surface area contributed by atoms with Gasteiger partial charge in [-0.1, -0.05) is 38.5 Å². The fraction of sp³-hybridized carbons (Fsp3) is 0.667. The normalized spacial score (nSPS) is 17.7. The number of carbonyl (C=O) groups is 1. The molecule has 26 heavy (non-hydrogen) atoms.